The summed E-state index contributed by atoms with van der Waals surface area (Å²) in [5.74, 6) is -0.189. The largest absolute Gasteiger partial charge is 0.354 e. The number of nitrogens with two attached hydrogens (primary N) is 1. The van der Waals surface area contributed by atoms with E-state index >= 15 is 0 Å². The molecule has 3 aromatic rings. The number of nitrogens with one attached hydrogen (secondary N) is 2. The number of rotatable bonds is 4. The number of carbonyl (C=O) groups excluding carboxylic acids is 1. The monoisotopic (exact) mass is 422 g/mol. The molecule has 1 aromatic carbocycles. The van der Waals surface area contributed by atoms with Crippen LogP contribution in [0.3, 0.4) is 0 Å². The average Bonchev–Trinajstić information content (AvgIpc) is 3.24. The Morgan fingerprint density at radius 1 is 1.36 bits per heavy atom. The Balaban J connectivity index is 1.46. The van der Waals surface area contributed by atoms with E-state index in [4.69, 9.17) is 28.9 Å². The van der Waals surface area contributed by atoms with Crippen molar-refractivity contribution in [3.63, 3.8) is 0 Å². The van der Waals surface area contributed by atoms with E-state index in [2.05, 4.69) is 20.3 Å². The Hall–Kier alpha value is -2.42. The van der Waals surface area contributed by atoms with E-state index < -0.39 is 17.3 Å². The SMILES string of the molecule is N[C@]1(CNC(=O)c2ccc(F)cc2Cl)CCN(c2ncnc3[nH]cc(Cl)c23)C1. The number of aromatic nitrogens is 3. The van der Waals surface area contributed by atoms with Crippen molar-refractivity contribution in [1.29, 1.82) is 0 Å². The minimum atomic E-state index is -0.651. The van der Waals surface area contributed by atoms with Gasteiger partial charge in [0, 0.05) is 25.8 Å². The third-order valence-corrected chi connectivity index (χ3v) is 5.47. The van der Waals surface area contributed by atoms with Crippen molar-refractivity contribution in [3.05, 3.63) is 52.1 Å². The van der Waals surface area contributed by atoms with E-state index in [0.717, 1.165) is 11.5 Å². The van der Waals surface area contributed by atoms with Crippen LogP contribution in [0, 0.1) is 5.82 Å². The minimum absolute atomic E-state index is 0.0575. The zero-order chi connectivity index (χ0) is 19.9. The van der Waals surface area contributed by atoms with Crippen LogP contribution in [0.25, 0.3) is 11.0 Å². The van der Waals surface area contributed by atoms with Gasteiger partial charge in [-0.25, -0.2) is 14.4 Å². The summed E-state index contributed by atoms with van der Waals surface area (Å²) >= 11 is 12.2. The minimum Gasteiger partial charge on any atom is -0.354 e. The lowest BCUT2D eigenvalue weighted by molar-refractivity contribution is 0.0945. The molecule has 1 saturated heterocycles. The van der Waals surface area contributed by atoms with Gasteiger partial charge >= 0.3 is 0 Å². The first-order valence-corrected chi connectivity index (χ1v) is 9.36. The number of fused-ring (bicyclic) bond motifs is 1. The van der Waals surface area contributed by atoms with Crippen molar-refractivity contribution >= 4 is 46.0 Å². The highest BCUT2D eigenvalue weighted by Crippen LogP contribution is 2.33. The van der Waals surface area contributed by atoms with Gasteiger partial charge in [0.15, 0.2) is 0 Å². The summed E-state index contributed by atoms with van der Waals surface area (Å²) in [6.45, 7) is 1.39. The van der Waals surface area contributed by atoms with Gasteiger partial charge in [0.25, 0.3) is 5.91 Å². The molecular formula is C18H17Cl2FN6O. The maximum absolute atomic E-state index is 13.2. The molecule has 146 valence electrons. The van der Waals surface area contributed by atoms with E-state index in [-0.39, 0.29) is 17.1 Å². The fourth-order valence-electron chi connectivity index (χ4n) is 3.40. The average molecular weight is 423 g/mol. The highest BCUT2D eigenvalue weighted by Gasteiger charge is 2.36. The number of anilines is 1. The number of amides is 1. The fourth-order valence-corrected chi connectivity index (χ4v) is 3.88. The Morgan fingerprint density at radius 3 is 2.96 bits per heavy atom. The number of benzene rings is 1. The van der Waals surface area contributed by atoms with Crippen LogP contribution in [0.15, 0.2) is 30.7 Å². The lowest BCUT2D eigenvalue weighted by Gasteiger charge is -2.25. The zero-order valence-corrected chi connectivity index (χ0v) is 16.2. The van der Waals surface area contributed by atoms with E-state index in [1.807, 2.05) is 4.90 Å². The maximum Gasteiger partial charge on any atom is 0.252 e. The number of carbonyl (C=O) groups is 1. The van der Waals surface area contributed by atoms with Crippen LogP contribution >= 0.6 is 23.2 Å². The molecule has 0 unspecified atom stereocenters. The van der Waals surface area contributed by atoms with Gasteiger partial charge in [-0.1, -0.05) is 23.2 Å². The summed E-state index contributed by atoms with van der Waals surface area (Å²) in [5, 5.41) is 4.14. The van der Waals surface area contributed by atoms with Gasteiger partial charge < -0.3 is 20.9 Å². The first-order valence-electron chi connectivity index (χ1n) is 8.61. The Bertz CT molecular complexity index is 1060. The van der Waals surface area contributed by atoms with Crippen molar-refractivity contribution in [2.45, 2.75) is 12.0 Å². The fraction of sp³-hybridized carbons (Fsp3) is 0.278. The van der Waals surface area contributed by atoms with Crippen molar-refractivity contribution in [2.24, 2.45) is 5.73 Å². The molecule has 28 heavy (non-hydrogen) atoms. The quantitative estimate of drug-likeness (QED) is 0.599. The molecule has 4 N–H and O–H groups in total. The molecule has 2 aromatic heterocycles. The summed E-state index contributed by atoms with van der Waals surface area (Å²) in [5.41, 5.74) is 6.71. The molecule has 1 aliphatic rings. The molecule has 1 atom stereocenters. The molecule has 7 nitrogen and oxygen atoms in total. The summed E-state index contributed by atoms with van der Waals surface area (Å²) in [6.07, 6.45) is 3.79. The number of nitrogens with zero attached hydrogens (tertiary/aromatic N) is 3. The van der Waals surface area contributed by atoms with Crippen molar-refractivity contribution in [2.75, 3.05) is 24.5 Å². The zero-order valence-electron chi connectivity index (χ0n) is 14.7. The molecule has 0 aliphatic carbocycles. The predicted octanol–water partition coefficient (Wildman–Crippen LogP) is 2.74. The van der Waals surface area contributed by atoms with Gasteiger partial charge in [0.2, 0.25) is 0 Å². The smallest absolute Gasteiger partial charge is 0.252 e. The van der Waals surface area contributed by atoms with Crippen LogP contribution in [0.5, 0.6) is 0 Å². The van der Waals surface area contributed by atoms with Crippen LogP contribution in [0.4, 0.5) is 10.2 Å². The maximum atomic E-state index is 13.2. The second-order valence-electron chi connectivity index (χ2n) is 6.90. The number of hydrogen-bond donors (Lipinski definition) is 3. The summed E-state index contributed by atoms with van der Waals surface area (Å²) in [7, 11) is 0. The summed E-state index contributed by atoms with van der Waals surface area (Å²) < 4.78 is 13.2. The van der Waals surface area contributed by atoms with Crippen molar-refractivity contribution in [1.82, 2.24) is 20.3 Å². The third kappa shape index (κ3) is 3.50. The highest BCUT2D eigenvalue weighted by molar-refractivity contribution is 6.36. The van der Waals surface area contributed by atoms with Gasteiger partial charge in [0.1, 0.15) is 23.6 Å². The second kappa shape index (κ2) is 7.20. The molecule has 10 heteroatoms. The third-order valence-electron chi connectivity index (χ3n) is 4.86. The number of halogens is 3. The molecule has 1 aliphatic heterocycles. The standard InChI is InChI=1S/C18H17Cl2FN6O/c19-12-5-10(21)1-2-11(12)17(28)24-7-18(22)3-4-27(8-18)16-14-13(20)6-23-15(14)25-9-26-16/h1-2,5-6,9H,3-4,7-8,22H2,(H,24,28)(H,23,25,26)/t18-/m0/s1. The van der Waals surface area contributed by atoms with Gasteiger partial charge in [-0.05, 0) is 24.6 Å². The second-order valence-corrected chi connectivity index (χ2v) is 7.71. The van der Waals surface area contributed by atoms with Crippen molar-refractivity contribution in [3.8, 4) is 0 Å². The molecule has 0 saturated carbocycles. The first-order chi connectivity index (χ1) is 13.4. The van der Waals surface area contributed by atoms with Crippen LogP contribution in [0.1, 0.15) is 16.8 Å². The van der Waals surface area contributed by atoms with E-state index in [0.29, 0.717) is 36.0 Å². The number of H-pyrrole nitrogens is 1. The lowest BCUT2D eigenvalue weighted by Crippen LogP contribution is -2.52. The molecule has 4 rings (SSSR count). The number of aromatic amines is 1. The topological polar surface area (TPSA) is 99.9 Å². The van der Waals surface area contributed by atoms with Crippen molar-refractivity contribution < 1.29 is 9.18 Å². The Labute approximate surface area is 170 Å². The van der Waals surface area contributed by atoms with Crippen LogP contribution in [0.2, 0.25) is 10.0 Å². The van der Waals surface area contributed by atoms with Gasteiger partial charge in [-0.2, -0.15) is 0 Å². The van der Waals surface area contributed by atoms with Crippen LogP contribution < -0.4 is 16.0 Å². The lowest BCUT2D eigenvalue weighted by atomic mass is 10.00. The summed E-state index contributed by atoms with van der Waals surface area (Å²) in [4.78, 5) is 26.0. The van der Waals surface area contributed by atoms with E-state index in [1.54, 1.807) is 6.20 Å². The normalized spacial score (nSPS) is 19.4. The van der Waals surface area contributed by atoms with Crippen LogP contribution in [-0.2, 0) is 0 Å². The van der Waals surface area contributed by atoms with E-state index in [9.17, 15) is 9.18 Å². The Kier molecular flexibility index (Phi) is 4.86. The first kappa shape index (κ1) is 18.9. The predicted molar refractivity (Wildman–Crippen MR) is 106 cm³/mol. The molecule has 0 radical (unpaired) electrons. The van der Waals surface area contributed by atoms with Gasteiger partial charge in [-0.3, -0.25) is 4.79 Å². The molecule has 0 spiro atoms. The molecule has 0 bridgehead atoms. The van der Waals surface area contributed by atoms with Gasteiger partial charge in [0.05, 0.1) is 26.5 Å². The molecule has 3 heterocycles. The van der Waals surface area contributed by atoms with Crippen LogP contribution in [-0.4, -0.2) is 46.0 Å². The molecule has 1 amide bonds. The Morgan fingerprint density at radius 2 is 2.18 bits per heavy atom. The molecule has 1 fully saturated rings. The van der Waals surface area contributed by atoms with Gasteiger partial charge in [-0.15, -0.1) is 0 Å². The summed E-state index contributed by atoms with van der Waals surface area (Å²) in [6, 6.07) is 3.65. The van der Waals surface area contributed by atoms with E-state index in [1.165, 1.54) is 18.5 Å². The number of hydrogen-bond acceptors (Lipinski definition) is 5. The molecular weight excluding hydrogens is 406 g/mol. The highest BCUT2D eigenvalue weighted by atomic mass is 35.5.